The second-order valence-corrected chi connectivity index (χ2v) is 6.01. The first-order chi connectivity index (χ1) is 9.74. The highest BCUT2D eigenvalue weighted by Gasteiger charge is 2.19. The second kappa shape index (κ2) is 5.76. The van der Waals surface area contributed by atoms with Crippen molar-refractivity contribution in [3.8, 4) is 11.3 Å². The quantitative estimate of drug-likeness (QED) is 0.888. The van der Waals surface area contributed by atoms with Crippen LogP contribution < -0.4 is 5.32 Å². The zero-order chi connectivity index (χ0) is 13.9. The van der Waals surface area contributed by atoms with Crippen LogP contribution in [0.4, 0.5) is 0 Å². The molecule has 2 N–H and O–H groups in total. The SMILES string of the molecule is Cc1nc(-c2c[nH]c(C(=O)N3CCCNCC3)c2)cs1. The topological polar surface area (TPSA) is 61.0 Å². The van der Waals surface area contributed by atoms with E-state index < -0.39 is 0 Å². The van der Waals surface area contributed by atoms with E-state index in [0.717, 1.165) is 48.9 Å². The molecule has 0 unspecified atom stereocenters. The van der Waals surface area contributed by atoms with E-state index in [9.17, 15) is 4.79 Å². The number of aryl methyl sites for hydroxylation is 1. The van der Waals surface area contributed by atoms with E-state index in [1.807, 2.05) is 29.5 Å². The maximum atomic E-state index is 12.5. The largest absolute Gasteiger partial charge is 0.357 e. The molecular weight excluding hydrogens is 272 g/mol. The summed E-state index contributed by atoms with van der Waals surface area (Å²) >= 11 is 1.62. The standard InChI is InChI=1S/C14H18N4OS/c1-10-17-13(9-20-10)11-7-12(16-8-11)14(19)18-5-2-3-15-4-6-18/h7-9,15-16H,2-6H2,1H3. The van der Waals surface area contributed by atoms with Crippen LogP contribution in [0.2, 0.25) is 0 Å². The normalized spacial score (nSPS) is 16.1. The molecule has 5 nitrogen and oxygen atoms in total. The Kier molecular flexibility index (Phi) is 3.84. The number of rotatable bonds is 2. The molecule has 0 radical (unpaired) electrons. The Morgan fingerprint density at radius 3 is 3.10 bits per heavy atom. The minimum atomic E-state index is 0.0758. The Labute approximate surface area is 122 Å². The third-order valence-electron chi connectivity index (χ3n) is 3.46. The van der Waals surface area contributed by atoms with Crippen LogP contribution in [0, 0.1) is 6.92 Å². The van der Waals surface area contributed by atoms with Gasteiger partial charge in [-0.05, 0) is 26.0 Å². The van der Waals surface area contributed by atoms with Gasteiger partial charge >= 0.3 is 0 Å². The first-order valence-electron chi connectivity index (χ1n) is 6.85. The number of hydrogen-bond acceptors (Lipinski definition) is 4. The van der Waals surface area contributed by atoms with Gasteiger partial charge in [-0.1, -0.05) is 0 Å². The number of nitrogens with zero attached hydrogens (tertiary/aromatic N) is 2. The first kappa shape index (κ1) is 13.3. The number of hydrogen-bond donors (Lipinski definition) is 2. The fourth-order valence-electron chi connectivity index (χ4n) is 2.38. The summed E-state index contributed by atoms with van der Waals surface area (Å²) in [5.74, 6) is 0.0758. The molecule has 3 rings (SSSR count). The monoisotopic (exact) mass is 290 g/mol. The van der Waals surface area contributed by atoms with E-state index in [2.05, 4.69) is 15.3 Å². The Morgan fingerprint density at radius 2 is 2.30 bits per heavy atom. The number of carbonyl (C=O) groups excluding carboxylic acids is 1. The molecule has 1 aliphatic heterocycles. The number of carbonyl (C=O) groups is 1. The Morgan fingerprint density at radius 1 is 1.40 bits per heavy atom. The number of nitrogens with one attached hydrogen (secondary N) is 2. The van der Waals surface area contributed by atoms with Gasteiger partial charge in [0.25, 0.3) is 5.91 Å². The van der Waals surface area contributed by atoms with Crippen molar-refractivity contribution in [1.82, 2.24) is 20.2 Å². The van der Waals surface area contributed by atoms with Crippen molar-refractivity contribution in [2.45, 2.75) is 13.3 Å². The lowest BCUT2D eigenvalue weighted by molar-refractivity contribution is 0.0761. The van der Waals surface area contributed by atoms with Gasteiger partial charge in [0, 0.05) is 36.8 Å². The molecule has 6 heteroatoms. The van der Waals surface area contributed by atoms with Crippen LogP contribution in [0.3, 0.4) is 0 Å². The summed E-state index contributed by atoms with van der Waals surface area (Å²) in [5.41, 5.74) is 2.55. The van der Waals surface area contributed by atoms with E-state index >= 15 is 0 Å². The third-order valence-corrected chi connectivity index (χ3v) is 4.23. The van der Waals surface area contributed by atoms with E-state index in [0.29, 0.717) is 5.69 Å². The average Bonchev–Trinajstić information content (AvgIpc) is 3.00. The van der Waals surface area contributed by atoms with Crippen molar-refractivity contribution in [2.24, 2.45) is 0 Å². The zero-order valence-corrected chi connectivity index (χ0v) is 12.3. The number of amides is 1. The summed E-state index contributed by atoms with van der Waals surface area (Å²) in [4.78, 5) is 21.9. The van der Waals surface area contributed by atoms with Crippen LogP contribution in [0.25, 0.3) is 11.3 Å². The van der Waals surface area contributed by atoms with Crippen molar-refractivity contribution in [2.75, 3.05) is 26.2 Å². The van der Waals surface area contributed by atoms with Crippen molar-refractivity contribution in [3.05, 3.63) is 28.3 Å². The van der Waals surface area contributed by atoms with Gasteiger partial charge in [0.1, 0.15) is 5.69 Å². The summed E-state index contributed by atoms with van der Waals surface area (Å²) in [6.07, 6.45) is 2.86. The number of H-pyrrole nitrogens is 1. The first-order valence-corrected chi connectivity index (χ1v) is 7.73. The van der Waals surface area contributed by atoms with Crippen molar-refractivity contribution in [1.29, 1.82) is 0 Å². The average molecular weight is 290 g/mol. The molecule has 106 valence electrons. The van der Waals surface area contributed by atoms with Crippen LogP contribution in [0.5, 0.6) is 0 Å². The molecule has 0 bridgehead atoms. The van der Waals surface area contributed by atoms with Crippen molar-refractivity contribution in [3.63, 3.8) is 0 Å². The molecule has 20 heavy (non-hydrogen) atoms. The van der Waals surface area contributed by atoms with E-state index in [-0.39, 0.29) is 5.91 Å². The van der Waals surface area contributed by atoms with Crippen LogP contribution in [0.1, 0.15) is 21.9 Å². The number of thiazole rings is 1. The van der Waals surface area contributed by atoms with Crippen LogP contribution >= 0.6 is 11.3 Å². The van der Waals surface area contributed by atoms with Gasteiger partial charge in [-0.2, -0.15) is 0 Å². The van der Waals surface area contributed by atoms with Gasteiger partial charge in [-0.15, -0.1) is 11.3 Å². The van der Waals surface area contributed by atoms with Gasteiger partial charge in [-0.25, -0.2) is 4.98 Å². The maximum absolute atomic E-state index is 12.5. The lowest BCUT2D eigenvalue weighted by Gasteiger charge is -2.18. The van der Waals surface area contributed by atoms with Gasteiger partial charge in [0.05, 0.1) is 10.7 Å². The Hall–Kier alpha value is -1.66. The Bertz CT molecular complexity index is 596. The number of aromatic nitrogens is 2. The molecule has 1 aliphatic rings. The van der Waals surface area contributed by atoms with Gasteiger partial charge in [-0.3, -0.25) is 4.79 Å². The number of aromatic amines is 1. The third kappa shape index (κ3) is 2.76. The lowest BCUT2D eigenvalue weighted by Crippen LogP contribution is -2.34. The maximum Gasteiger partial charge on any atom is 0.270 e. The summed E-state index contributed by atoms with van der Waals surface area (Å²) in [5, 5.41) is 6.36. The van der Waals surface area contributed by atoms with Gasteiger partial charge in [0.15, 0.2) is 0 Å². The Balaban J connectivity index is 1.77. The van der Waals surface area contributed by atoms with Crippen molar-refractivity contribution >= 4 is 17.2 Å². The van der Waals surface area contributed by atoms with Gasteiger partial charge in [0.2, 0.25) is 0 Å². The minimum absolute atomic E-state index is 0.0758. The van der Waals surface area contributed by atoms with Crippen LogP contribution in [-0.4, -0.2) is 47.0 Å². The molecule has 2 aromatic rings. The molecular formula is C14H18N4OS. The predicted octanol–water partition coefficient (Wildman–Crippen LogP) is 1.88. The van der Waals surface area contributed by atoms with Crippen LogP contribution in [0.15, 0.2) is 17.6 Å². The molecule has 1 saturated heterocycles. The molecule has 0 aromatic carbocycles. The van der Waals surface area contributed by atoms with E-state index in [1.54, 1.807) is 11.3 Å². The molecule has 2 aromatic heterocycles. The zero-order valence-electron chi connectivity index (χ0n) is 11.5. The minimum Gasteiger partial charge on any atom is -0.357 e. The summed E-state index contributed by atoms with van der Waals surface area (Å²) in [7, 11) is 0. The fraction of sp³-hybridized carbons (Fsp3) is 0.429. The van der Waals surface area contributed by atoms with Crippen molar-refractivity contribution < 1.29 is 4.79 Å². The summed E-state index contributed by atoms with van der Waals surface area (Å²) in [6.45, 7) is 5.42. The molecule has 1 fully saturated rings. The van der Waals surface area contributed by atoms with E-state index in [4.69, 9.17) is 0 Å². The highest BCUT2D eigenvalue weighted by atomic mass is 32.1. The lowest BCUT2D eigenvalue weighted by atomic mass is 10.2. The van der Waals surface area contributed by atoms with Gasteiger partial charge < -0.3 is 15.2 Å². The molecule has 0 aliphatic carbocycles. The molecule has 0 spiro atoms. The summed E-state index contributed by atoms with van der Waals surface area (Å²) < 4.78 is 0. The summed E-state index contributed by atoms with van der Waals surface area (Å²) in [6, 6.07) is 1.90. The van der Waals surface area contributed by atoms with E-state index in [1.165, 1.54) is 0 Å². The smallest absolute Gasteiger partial charge is 0.270 e. The fourth-order valence-corrected chi connectivity index (χ4v) is 3.00. The molecule has 0 atom stereocenters. The molecule has 0 saturated carbocycles. The molecule has 1 amide bonds. The highest BCUT2D eigenvalue weighted by Crippen LogP contribution is 2.22. The highest BCUT2D eigenvalue weighted by molar-refractivity contribution is 7.09. The predicted molar refractivity (Wildman–Crippen MR) is 80.0 cm³/mol. The van der Waals surface area contributed by atoms with Crippen LogP contribution in [-0.2, 0) is 0 Å². The molecule has 3 heterocycles. The second-order valence-electron chi connectivity index (χ2n) is 4.95.